The summed E-state index contributed by atoms with van der Waals surface area (Å²) in [6.45, 7) is 10.1. The number of hydrogen-bond acceptors (Lipinski definition) is 1. The lowest BCUT2D eigenvalue weighted by molar-refractivity contribution is 0.207. The maximum atomic E-state index is 2.47. The van der Waals surface area contributed by atoms with E-state index in [-0.39, 0.29) is 0 Å². The summed E-state index contributed by atoms with van der Waals surface area (Å²) in [7, 11) is 4.34. The van der Waals surface area contributed by atoms with Crippen molar-refractivity contribution in [3.05, 3.63) is 0 Å². The van der Waals surface area contributed by atoms with Gasteiger partial charge in [0.2, 0.25) is 0 Å². The first-order chi connectivity index (χ1) is 6.58. The minimum Gasteiger partial charge on any atom is -0.309 e. The Morgan fingerprint density at radius 3 is 2.00 bits per heavy atom. The van der Waals surface area contributed by atoms with Gasteiger partial charge in [-0.05, 0) is 51.2 Å². The average Bonchev–Trinajstić information content (AvgIpc) is 3.01. The van der Waals surface area contributed by atoms with Gasteiger partial charge in [-0.25, -0.2) is 0 Å². The molecule has 0 bridgehead atoms. The lowest BCUT2D eigenvalue weighted by Gasteiger charge is -2.29. The topological polar surface area (TPSA) is 3.24 Å². The molecule has 0 amide bonds. The first kappa shape index (κ1) is 14.0. The maximum Gasteiger partial charge on any atom is -0.00195 e. The van der Waals surface area contributed by atoms with Crippen LogP contribution in [0.4, 0.5) is 0 Å². The first-order valence-corrected chi connectivity index (χ1v) is 6.23. The Morgan fingerprint density at radius 1 is 1.21 bits per heavy atom. The Morgan fingerprint density at radius 2 is 1.71 bits per heavy atom. The fourth-order valence-corrected chi connectivity index (χ4v) is 1.93. The summed E-state index contributed by atoms with van der Waals surface area (Å²) in [5, 5.41) is 0. The van der Waals surface area contributed by atoms with E-state index in [0.717, 1.165) is 5.92 Å². The smallest absolute Gasteiger partial charge is 0.00195 e. The maximum absolute atomic E-state index is 2.47. The van der Waals surface area contributed by atoms with Gasteiger partial charge >= 0.3 is 0 Å². The molecular weight excluding hydrogens is 170 g/mol. The Balaban J connectivity index is 0.000000791. The summed E-state index contributed by atoms with van der Waals surface area (Å²) >= 11 is 0. The lowest BCUT2D eigenvalue weighted by atomic mass is 9.79. The second-order valence-electron chi connectivity index (χ2n) is 4.84. The fraction of sp³-hybridized carbons (Fsp3) is 1.00. The van der Waals surface area contributed by atoms with Crippen molar-refractivity contribution in [1.29, 1.82) is 0 Å². The highest BCUT2D eigenvalue weighted by Gasteiger charge is 2.39. The van der Waals surface area contributed by atoms with Crippen LogP contribution in [0.15, 0.2) is 0 Å². The molecule has 0 aromatic heterocycles. The zero-order valence-corrected chi connectivity index (χ0v) is 11.1. The van der Waals surface area contributed by atoms with E-state index in [9.17, 15) is 0 Å². The zero-order valence-electron chi connectivity index (χ0n) is 11.1. The molecule has 1 nitrogen and oxygen atoms in total. The van der Waals surface area contributed by atoms with E-state index in [1.54, 1.807) is 0 Å². The van der Waals surface area contributed by atoms with Crippen molar-refractivity contribution in [2.75, 3.05) is 20.6 Å². The average molecular weight is 199 g/mol. The predicted molar refractivity (Wildman–Crippen MR) is 65.6 cm³/mol. The lowest BCUT2D eigenvalue weighted by Crippen LogP contribution is -2.25. The molecule has 1 fully saturated rings. The SMILES string of the molecule is CC.CCC(C)(CCN(C)C)C1CC1. The van der Waals surface area contributed by atoms with E-state index in [0.29, 0.717) is 5.41 Å². The molecule has 0 radical (unpaired) electrons. The number of rotatable bonds is 5. The van der Waals surface area contributed by atoms with Crippen LogP contribution in [0.25, 0.3) is 0 Å². The van der Waals surface area contributed by atoms with Crippen LogP contribution in [-0.2, 0) is 0 Å². The van der Waals surface area contributed by atoms with Crippen LogP contribution in [0.1, 0.15) is 53.4 Å². The molecule has 0 saturated heterocycles. The monoisotopic (exact) mass is 199 g/mol. The van der Waals surface area contributed by atoms with Gasteiger partial charge in [-0.3, -0.25) is 0 Å². The van der Waals surface area contributed by atoms with Crippen LogP contribution in [0, 0.1) is 11.3 Å². The van der Waals surface area contributed by atoms with Crippen molar-refractivity contribution in [2.24, 2.45) is 11.3 Å². The Hall–Kier alpha value is -0.0400. The third-order valence-corrected chi connectivity index (χ3v) is 3.50. The van der Waals surface area contributed by atoms with Crippen LogP contribution >= 0.6 is 0 Å². The van der Waals surface area contributed by atoms with Crippen molar-refractivity contribution in [1.82, 2.24) is 4.90 Å². The summed E-state index contributed by atoms with van der Waals surface area (Å²) in [4.78, 5) is 2.30. The molecule has 0 N–H and O–H groups in total. The highest BCUT2D eigenvalue weighted by molar-refractivity contribution is 4.90. The van der Waals surface area contributed by atoms with Crippen LogP contribution in [0.2, 0.25) is 0 Å². The standard InChI is InChI=1S/C11H23N.C2H6/c1-5-11(2,10-6-7-10)8-9-12(3)4;1-2/h10H,5-9H2,1-4H3;1-2H3. The molecule has 0 heterocycles. The number of nitrogens with zero attached hydrogens (tertiary/aromatic N) is 1. The second kappa shape index (κ2) is 6.44. The fourth-order valence-electron chi connectivity index (χ4n) is 1.93. The van der Waals surface area contributed by atoms with E-state index in [2.05, 4.69) is 32.8 Å². The van der Waals surface area contributed by atoms with Gasteiger partial charge in [0.05, 0.1) is 0 Å². The van der Waals surface area contributed by atoms with Gasteiger partial charge in [-0.15, -0.1) is 0 Å². The van der Waals surface area contributed by atoms with E-state index in [1.807, 2.05) is 13.8 Å². The van der Waals surface area contributed by atoms with E-state index in [1.165, 1.54) is 32.2 Å². The van der Waals surface area contributed by atoms with Crippen LogP contribution in [0.3, 0.4) is 0 Å². The van der Waals surface area contributed by atoms with Crippen molar-refractivity contribution < 1.29 is 0 Å². The molecule has 0 spiro atoms. The molecule has 86 valence electrons. The van der Waals surface area contributed by atoms with E-state index >= 15 is 0 Å². The summed E-state index contributed by atoms with van der Waals surface area (Å²) in [6.07, 6.45) is 5.70. The minimum atomic E-state index is 0.643. The summed E-state index contributed by atoms with van der Waals surface area (Å²) in [5.41, 5.74) is 0.643. The number of hydrogen-bond donors (Lipinski definition) is 0. The van der Waals surface area contributed by atoms with Crippen LogP contribution in [0.5, 0.6) is 0 Å². The summed E-state index contributed by atoms with van der Waals surface area (Å²) in [5.74, 6) is 1.04. The highest BCUT2D eigenvalue weighted by Crippen LogP contribution is 2.49. The molecule has 1 saturated carbocycles. The van der Waals surface area contributed by atoms with Crippen molar-refractivity contribution in [2.45, 2.75) is 53.4 Å². The molecule has 1 atom stereocenters. The molecule has 0 aromatic carbocycles. The van der Waals surface area contributed by atoms with Gasteiger partial charge in [-0.1, -0.05) is 34.1 Å². The van der Waals surface area contributed by atoms with Gasteiger partial charge in [-0.2, -0.15) is 0 Å². The van der Waals surface area contributed by atoms with Gasteiger partial charge in [0.15, 0.2) is 0 Å². The van der Waals surface area contributed by atoms with Gasteiger partial charge in [0.25, 0.3) is 0 Å². The minimum absolute atomic E-state index is 0.643. The van der Waals surface area contributed by atoms with Crippen molar-refractivity contribution in [3.8, 4) is 0 Å². The van der Waals surface area contributed by atoms with Gasteiger partial charge in [0, 0.05) is 0 Å². The largest absolute Gasteiger partial charge is 0.309 e. The Bertz CT molecular complexity index is 138. The molecule has 0 aliphatic heterocycles. The van der Waals surface area contributed by atoms with Gasteiger partial charge < -0.3 is 4.90 Å². The molecule has 0 aromatic rings. The molecule has 14 heavy (non-hydrogen) atoms. The predicted octanol–water partition coefficient (Wildman–Crippen LogP) is 3.79. The molecular formula is C13H29N. The summed E-state index contributed by atoms with van der Waals surface area (Å²) < 4.78 is 0. The highest BCUT2D eigenvalue weighted by atomic mass is 15.0. The van der Waals surface area contributed by atoms with E-state index in [4.69, 9.17) is 0 Å². The molecule has 1 rings (SSSR count). The summed E-state index contributed by atoms with van der Waals surface area (Å²) in [6, 6.07) is 0. The van der Waals surface area contributed by atoms with Crippen molar-refractivity contribution >= 4 is 0 Å². The molecule has 1 aliphatic rings. The third kappa shape index (κ3) is 4.45. The molecule has 1 heteroatoms. The quantitative estimate of drug-likeness (QED) is 0.651. The first-order valence-electron chi connectivity index (χ1n) is 6.23. The third-order valence-electron chi connectivity index (χ3n) is 3.50. The van der Waals surface area contributed by atoms with Crippen LogP contribution in [-0.4, -0.2) is 25.5 Å². The second-order valence-corrected chi connectivity index (χ2v) is 4.84. The van der Waals surface area contributed by atoms with Gasteiger partial charge in [0.1, 0.15) is 0 Å². The molecule has 1 aliphatic carbocycles. The van der Waals surface area contributed by atoms with Crippen molar-refractivity contribution in [3.63, 3.8) is 0 Å². The normalized spacial score (nSPS) is 19.9. The zero-order chi connectivity index (χ0) is 11.2. The Labute approximate surface area is 90.9 Å². The Kier molecular flexibility index (Phi) is 6.43. The van der Waals surface area contributed by atoms with E-state index < -0.39 is 0 Å². The van der Waals surface area contributed by atoms with Crippen LogP contribution < -0.4 is 0 Å². The molecule has 1 unspecified atom stereocenters.